The molecular weight excluding hydrogens is 76.1 g/mol. The molecule has 0 bridgehead atoms. The molecule has 0 saturated carbocycles. The Balaban J connectivity index is 0. The van der Waals surface area contributed by atoms with Crippen LogP contribution >= 0.6 is 0 Å². The molecule has 0 aromatic heterocycles. The Labute approximate surface area is 37.6 Å². The van der Waals surface area contributed by atoms with Gasteiger partial charge in [-0.3, -0.25) is 0 Å². The molecule has 0 aromatic carbocycles. The summed E-state index contributed by atoms with van der Waals surface area (Å²) in [6.07, 6.45) is 0.625. The van der Waals surface area contributed by atoms with E-state index in [4.69, 9.17) is 17.1 Å². The van der Waals surface area contributed by atoms with Crippen LogP contribution in [0, 0.1) is 23.2 Å². The second kappa shape index (κ2) is 36.8. The lowest BCUT2D eigenvalue weighted by molar-refractivity contribution is 1.22. The van der Waals surface area contributed by atoms with Crippen molar-refractivity contribution in [3.63, 3.8) is 0 Å². The van der Waals surface area contributed by atoms with Crippen molar-refractivity contribution in [3.8, 4) is 6.07 Å². The average Bonchev–Trinajstić information content (AvgIpc) is 1.72. The molecule has 0 rings (SSSR count). The van der Waals surface area contributed by atoms with Gasteiger partial charge in [-0.15, -0.1) is 0 Å². The number of rotatable bonds is 0. The van der Waals surface area contributed by atoms with Crippen LogP contribution in [0.1, 0.15) is 13.3 Å². The minimum absolute atomic E-state index is 0.625. The lowest BCUT2D eigenvalue weighted by atomic mass is 10.6. The normalized spacial score (nSPS) is 3.67. The Kier molecular flexibility index (Phi) is 54.5. The predicted octanol–water partition coefficient (Wildman–Crippen LogP) is 1.02. The molecule has 0 fully saturated rings. The number of nitrogens with zero attached hydrogens (tertiary/aromatic N) is 2. The topological polar surface area (TPSA) is 47.6 Å². The molecule has 0 unspecified atom stereocenters. The van der Waals surface area contributed by atoms with E-state index in [9.17, 15) is 0 Å². The van der Waals surface area contributed by atoms with Crippen LogP contribution in [0.15, 0.2) is 0 Å². The first-order valence-electron chi connectivity index (χ1n) is 1.51. The van der Waals surface area contributed by atoms with Crippen molar-refractivity contribution in [1.29, 1.82) is 10.5 Å². The van der Waals surface area contributed by atoms with Crippen LogP contribution in [0.3, 0.4) is 0 Å². The Morgan fingerprint density at radius 3 is 1.83 bits per heavy atom. The lowest BCUT2D eigenvalue weighted by Gasteiger charge is -1.47. The standard InChI is InChI=1S/C3H5N.CN/c1-2-3-4;1-2/h2H2,1H3;/q;-1. The fourth-order valence-electron chi connectivity index (χ4n) is 0. The van der Waals surface area contributed by atoms with E-state index in [-0.39, 0.29) is 0 Å². The summed E-state index contributed by atoms with van der Waals surface area (Å²) >= 11 is 0. The van der Waals surface area contributed by atoms with E-state index in [0.29, 0.717) is 6.42 Å². The minimum atomic E-state index is 0.625. The van der Waals surface area contributed by atoms with Crippen molar-refractivity contribution in [2.45, 2.75) is 13.3 Å². The van der Waals surface area contributed by atoms with Crippen LogP contribution in [0.5, 0.6) is 0 Å². The van der Waals surface area contributed by atoms with Crippen LogP contribution in [0.2, 0.25) is 0 Å². The predicted molar refractivity (Wildman–Crippen MR) is 20.9 cm³/mol. The van der Waals surface area contributed by atoms with Crippen LogP contribution in [-0.4, -0.2) is 0 Å². The maximum Gasteiger partial charge on any atom is 0.0618 e. The Morgan fingerprint density at radius 2 is 1.83 bits per heavy atom. The van der Waals surface area contributed by atoms with E-state index in [0.717, 1.165) is 0 Å². The van der Waals surface area contributed by atoms with Gasteiger partial charge in [0, 0.05) is 6.42 Å². The summed E-state index contributed by atoms with van der Waals surface area (Å²) in [6.45, 7) is 6.57. The quantitative estimate of drug-likeness (QED) is 0.408. The van der Waals surface area contributed by atoms with E-state index in [1.165, 1.54) is 0 Å². The monoisotopic (exact) mass is 81.0 g/mol. The molecule has 0 N–H and O–H groups in total. The van der Waals surface area contributed by atoms with E-state index < -0.39 is 0 Å². The SMILES string of the molecule is CCC#N.[C-]#N. The molecule has 0 aliphatic rings. The molecule has 0 aliphatic carbocycles. The van der Waals surface area contributed by atoms with Gasteiger partial charge in [-0.05, 0) is 0 Å². The molecule has 0 atom stereocenters. The molecular formula is C4H5N2-. The molecule has 0 radical (unpaired) electrons. The minimum Gasteiger partial charge on any atom is -0.512 e. The van der Waals surface area contributed by atoms with Gasteiger partial charge in [-0.1, -0.05) is 6.92 Å². The molecule has 2 heteroatoms. The fraction of sp³-hybridized carbons (Fsp3) is 0.500. The summed E-state index contributed by atoms with van der Waals surface area (Å²) in [6, 6.07) is 1.93. The number of nitriles is 1. The van der Waals surface area contributed by atoms with Gasteiger partial charge in [-0.2, -0.15) is 5.26 Å². The van der Waals surface area contributed by atoms with Crippen LogP contribution in [-0.2, 0) is 0 Å². The number of hydrogen-bond donors (Lipinski definition) is 0. The highest BCUT2D eigenvalue weighted by Crippen LogP contribution is 1.58. The van der Waals surface area contributed by atoms with E-state index >= 15 is 0 Å². The van der Waals surface area contributed by atoms with Crippen molar-refractivity contribution in [2.24, 2.45) is 0 Å². The average molecular weight is 81.1 g/mol. The Bertz CT molecular complexity index is 57.7. The van der Waals surface area contributed by atoms with Crippen molar-refractivity contribution < 1.29 is 0 Å². The van der Waals surface area contributed by atoms with Gasteiger partial charge in [-0.25, -0.2) is 0 Å². The second-order valence-corrected chi connectivity index (χ2v) is 0.512. The summed E-state index contributed by atoms with van der Waals surface area (Å²) in [5.74, 6) is 0. The zero-order valence-electron chi connectivity index (χ0n) is 3.60. The summed E-state index contributed by atoms with van der Waals surface area (Å²) in [5.41, 5.74) is 0. The van der Waals surface area contributed by atoms with Crippen molar-refractivity contribution in [3.05, 3.63) is 6.57 Å². The first kappa shape index (κ1) is 8.88. The van der Waals surface area contributed by atoms with Gasteiger partial charge >= 0.3 is 0 Å². The molecule has 0 aromatic rings. The molecule has 6 heavy (non-hydrogen) atoms. The summed E-state index contributed by atoms with van der Waals surface area (Å²) in [4.78, 5) is 0. The maximum atomic E-state index is 7.62. The summed E-state index contributed by atoms with van der Waals surface area (Å²) in [5, 5.41) is 13.9. The van der Waals surface area contributed by atoms with Crippen molar-refractivity contribution >= 4 is 0 Å². The van der Waals surface area contributed by atoms with E-state index in [1.807, 2.05) is 13.0 Å². The van der Waals surface area contributed by atoms with Gasteiger partial charge in [0.1, 0.15) is 0 Å². The van der Waals surface area contributed by atoms with Crippen molar-refractivity contribution in [1.82, 2.24) is 0 Å². The van der Waals surface area contributed by atoms with Crippen LogP contribution in [0.4, 0.5) is 0 Å². The maximum absolute atomic E-state index is 7.62. The van der Waals surface area contributed by atoms with Crippen molar-refractivity contribution in [2.75, 3.05) is 0 Å². The Hall–Kier alpha value is -1.02. The van der Waals surface area contributed by atoms with Gasteiger partial charge in [0.15, 0.2) is 0 Å². The fourth-order valence-corrected chi connectivity index (χ4v) is 0. The highest BCUT2D eigenvalue weighted by molar-refractivity contribution is 4.61. The molecule has 2 nitrogen and oxygen atoms in total. The third-order valence-electron chi connectivity index (χ3n) is 0.158. The zero-order valence-corrected chi connectivity index (χ0v) is 3.60. The first-order valence-corrected chi connectivity index (χ1v) is 1.51. The van der Waals surface area contributed by atoms with E-state index in [1.54, 1.807) is 0 Å². The highest BCUT2D eigenvalue weighted by Gasteiger charge is 1.49. The van der Waals surface area contributed by atoms with Gasteiger partial charge in [0.2, 0.25) is 0 Å². The highest BCUT2D eigenvalue weighted by atomic mass is 14.2. The second-order valence-electron chi connectivity index (χ2n) is 0.512. The summed E-state index contributed by atoms with van der Waals surface area (Å²) in [7, 11) is 0. The molecule has 0 saturated heterocycles. The van der Waals surface area contributed by atoms with E-state index in [2.05, 4.69) is 0 Å². The van der Waals surface area contributed by atoms with Gasteiger partial charge in [0.25, 0.3) is 0 Å². The molecule has 0 amide bonds. The third-order valence-corrected chi connectivity index (χ3v) is 0.158. The first-order chi connectivity index (χ1) is 2.91. The number of hydrogen-bond acceptors (Lipinski definition) is 2. The Morgan fingerprint density at radius 1 is 1.67 bits per heavy atom. The largest absolute Gasteiger partial charge is 0.512 e. The molecule has 0 spiro atoms. The molecule has 0 aliphatic heterocycles. The smallest absolute Gasteiger partial charge is 0.0618 e. The lowest BCUT2D eigenvalue weighted by Crippen LogP contribution is -1.38. The third kappa shape index (κ3) is 29200. The van der Waals surface area contributed by atoms with Gasteiger partial charge < -0.3 is 11.8 Å². The van der Waals surface area contributed by atoms with Crippen LogP contribution < -0.4 is 0 Å². The zero-order chi connectivity index (χ0) is 5.41. The molecule has 32 valence electrons. The molecule has 0 heterocycles. The summed E-state index contributed by atoms with van der Waals surface area (Å²) < 4.78 is 0. The van der Waals surface area contributed by atoms with Crippen LogP contribution in [0.25, 0.3) is 0 Å². The van der Waals surface area contributed by atoms with Gasteiger partial charge in [0.05, 0.1) is 6.07 Å².